The molecule has 0 aromatic rings. The van der Waals surface area contributed by atoms with E-state index in [1.807, 2.05) is 0 Å². The smallest absolute Gasteiger partial charge is 0.279 e. The Morgan fingerprint density at radius 1 is 1.24 bits per heavy atom. The molecule has 0 aromatic heterocycles. The lowest BCUT2D eigenvalue weighted by atomic mass is 10.00. The summed E-state index contributed by atoms with van der Waals surface area (Å²) in [4.78, 5) is 0. The van der Waals surface area contributed by atoms with Crippen molar-refractivity contribution in [3.8, 4) is 0 Å². The van der Waals surface area contributed by atoms with E-state index in [0.717, 1.165) is 32.2 Å². The second-order valence-electron chi connectivity index (χ2n) is 6.98. The molecule has 0 bridgehead atoms. The Kier molecular flexibility index (Phi) is 6.47. The van der Waals surface area contributed by atoms with Gasteiger partial charge in [-0.1, -0.05) is 13.8 Å². The lowest BCUT2D eigenvalue weighted by Gasteiger charge is -2.32. The molecule has 2 rings (SSSR count). The van der Waals surface area contributed by atoms with Crippen molar-refractivity contribution in [3.05, 3.63) is 0 Å². The van der Waals surface area contributed by atoms with E-state index in [2.05, 4.69) is 23.9 Å². The predicted octanol–water partition coefficient (Wildman–Crippen LogP) is 1.72. The van der Waals surface area contributed by atoms with Crippen LogP contribution in [0.4, 0.5) is 0 Å². The molecule has 2 aliphatic rings. The Morgan fingerprint density at radius 3 is 2.67 bits per heavy atom. The third-order valence-corrected chi connectivity index (χ3v) is 5.92. The Labute approximate surface area is 130 Å². The first-order valence-corrected chi connectivity index (χ1v) is 9.89. The Hall–Kier alpha value is -0.170. The summed E-state index contributed by atoms with van der Waals surface area (Å²) in [6.07, 6.45) is 6.66. The molecule has 2 N–H and O–H groups in total. The maximum atomic E-state index is 12.3. The normalized spacial score (nSPS) is 24.6. The minimum Gasteiger partial charge on any atom is -0.314 e. The molecular weight excluding hydrogens is 286 g/mol. The van der Waals surface area contributed by atoms with Crippen LogP contribution in [-0.2, 0) is 10.2 Å². The first-order chi connectivity index (χ1) is 9.97. The third kappa shape index (κ3) is 6.22. The summed E-state index contributed by atoms with van der Waals surface area (Å²) in [5, 5.41) is 3.52. The van der Waals surface area contributed by atoms with E-state index in [1.54, 1.807) is 4.31 Å². The zero-order valence-electron chi connectivity index (χ0n) is 13.5. The minimum absolute atomic E-state index is 0.464. The average molecular weight is 317 g/mol. The van der Waals surface area contributed by atoms with E-state index in [1.165, 1.54) is 12.8 Å². The monoisotopic (exact) mass is 317 g/mol. The number of piperidine rings is 1. The number of hydrogen-bond donors (Lipinski definition) is 2. The van der Waals surface area contributed by atoms with Crippen molar-refractivity contribution in [2.45, 2.75) is 58.4 Å². The van der Waals surface area contributed by atoms with Crippen LogP contribution in [0.5, 0.6) is 0 Å². The lowest BCUT2D eigenvalue weighted by Crippen LogP contribution is -2.48. The van der Waals surface area contributed by atoms with Gasteiger partial charge >= 0.3 is 0 Å². The quantitative estimate of drug-likeness (QED) is 0.637. The van der Waals surface area contributed by atoms with Crippen LogP contribution in [0, 0.1) is 11.8 Å². The molecule has 6 heteroatoms. The topological polar surface area (TPSA) is 61.4 Å². The van der Waals surface area contributed by atoms with E-state index in [-0.39, 0.29) is 0 Å². The van der Waals surface area contributed by atoms with Crippen LogP contribution in [0.25, 0.3) is 0 Å². The molecule has 0 radical (unpaired) electrons. The van der Waals surface area contributed by atoms with Gasteiger partial charge in [-0.05, 0) is 56.9 Å². The highest BCUT2D eigenvalue weighted by Gasteiger charge is 2.29. The fourth-order valence-corrected chi connectivity index (χ4v) is 4.20. The summed E-state index contributed by atoms with van der Waals surface area (Å²) in [7, 11) is -3.28. The van der Waals surface area contributed by atoms with Crippen molar-refractivity contribution in [2.75, 3.05) is 26.2 Å². The molecule has 1 aliphatic heterocycles. The lowest BCUT2D eigenvalue weighted by molar-refractivity contribution is 0.257. The largest absolute Gasteiger partial charge is 0.314 e. The molecule has 0 aromatic carbocycles. The molecule has 1 heterocycles. The van der Waals surface area contributed by atoms with Gasteiger partial charge in [0.2, 0.25) is 0 Å². The van der Waals surface area contributed by atoms with Crippen LogP contribution in [0.2, 0.25) is 0 Å². The Morgan fingerprint density at radius 2 is 2.00 bits per heavy atom. The minimum atomic E-state index is -3.28. The molecule has 1 aliphatic carbocycles. The summed E-state index contributed by atoms with van der Waals surface area (Å²) in [5.74, 6) is 1.09. The molecule has 5 nitrogen and oxygen atoms in total. The van der Waals surface area contributed by atoms with Crippen molar-refractivity contribution in [1.29, 1.82) is 0 Å². The van der Waals surface area contributed by atoms with Crippen molar-refractivity contribution >= 4 is 10.2 Å². The second kappa shape index (κ2) is 7.90. The standard InChI is InChI=1S/C15H31N3O2S/c1-13(2)5-3-9-17-21(19,20)18-10-4-6-14(12-18)11-16-15-7-8-15/h13-17H,3-12H2,1-2H3. The molecule has 124 valence electrons. The zero-order chi connectivity index (χ0) is 15.3. The molecule has 0 amide bonds. The fraction of sp³-hybridized carbons (Fsp3) is 1.00. The van der Waals surface area contributed by atoms with Crippen LogP contribution in [0.15, 0.2) is 0 Å². The van der Waals surface area contributed by atoms with Gasteiger partial charge in [0.1, 0.15) is 0 Å². The van der Waals surface area contributed by atoms with Gasteiger partial charge in [0, 0.05) is 25.7 Å². The Balaban J connectivity index is 1.72. The van der Waals surface area contributed by atoms with E-state index in [4.69, 9.17) is 0 Å². The van der Waals surface area contributed by atoms with Gasteiger partial charge in [0.05, 0.1) is 0 Å². The van der Waals surface area contributed by atoms with Crippen molar-refractivity contribution in [2.24, 2.45) is 11.8 Å². The number of nitrogens with zero attached hydrogens (tertiary/aromatic N) is 1. The summed E-state index contributed by atoms with van der Waals surface area (Å²) in [6, 6.07) is 0.700. The predicted molar refractivity (Wildman–Crippen MR) is 86.3 cm³/mol. The Bertz CT molecular complexity index is 407. The first-order valence-electron chi connectivity index (χ1n) is 8.45. The van der Waals surface area contributed by atoms with Gasteiger partial charge in [0.15, 0.2) is 0 Å². The highest BCUT2D eigenvalue weighted by Crippen LogP contribution is 2.22. The molecule has 1 saturated carbocycles. The molecule has 2 fully saturated rings. The highest BCUT2D eigenvalue weighted by molar-refractivity contribution is 7.87. The molecule has 1 unspecified atom stereocenters. The number of nitrogens with one attached hydrogen (secondary N) is 2. The van der Waals surface area contributed by atoms with Gasteiger partial charge in [-0.25, -0.2) is 4.72 Å². The number of rotatable bonds is 9. The average Bonchev–Trinajstić information content (AvgIpc) is 3.26. The summed E-state index contributed by atoms with van der Waals surface area (Å²) in [5.41, 5.74) is 0. The zero-order valence-corrected chi connectivity index (χ0v) is 14.3. The van der Waals surface area contributed by atoms with Gasteiger partial charge < -0.3 is 5.32 Å². The van der Waals surface area contributed by atoms with E-state index < -0.39 is 10.2 Å². The van der Waals surface area contributed by atoms with E-state index in [0.29, 0.717) is 37.5 Å². The number of hydrogen-bond acceptors (Lipinski definition) is 3. The van der Waals surface area contributed by atoms with Crippen LogP contribution in [0.1, 0.15) is 52.4 Å². The van der Waals surface area contributed by atoms with Crippen LogP contribution in [0.3, 0.4) is 0 Å². The van der Waals surface area contributed by atoms with Crippen LogP contribution in [-0.4, -0.2) is 44.9 Å². The van der Waals surface area contributed by atoms with Gasteiger partial charge in [-0.3, -0.25) is 0 Å². The molecular formula is C15H31N3O2S. The summed E-state index contributed by atoms with van der Waals surface area (Å²) >= 11 is 0. The fourth-order valence-electron chi connectivity index (χ4n) is 2.84. The first kappa shape index (κ1) is 17.2. The molecule has 1 atom stereocenters. The SMILES string of the molecule is CC(C)CCCNS(=O)(=O)N1CCCC(CNC2CC2)C1. The van der Waals surface area contributed by atoms with Crippen molar-refractivity contribution < 1.29 is 8.42 Å². The highest BCUT2D eigenvalue weighted by atomic mass is 32.2. The second-order valence-corrected chi connectivity index (χ2v) is 8.74. The van der Waals surface area contributed by atoms with E-state index >= 15 is 0 Å². The van der Waals surface area contributed by atoms with Gasteiger partial charge in [-0.15, -0.1) is 0 Å². The van der Waals surface area contributed by atoms with Crippen molar-refractivity contribution in [1.82, 2.24) is 14.3 Å². The maximum Gasteiger partial charge on any atom is 0.279 e. The van der Waals surface area contributed by atoms with E-state index in [9.17, 15) is 8.42 Å². The van der Waals surface area contributed by atoms with Crippen LogP contribution < -0.4 is 10.0 Å². The third-order valence-electron chi connectivity index (χ3n) is 4.34. The molecule has 1 saturated heterocycles. The maximum absolute atomic E-state index is 12.3. The molecule has 0 spiro atoms. The summed E-state index contributed by atoms with van der Waals surface area (Å²) < 4.78 is 29.0. The molecule has 21 heavy (non-hydrogen) atoms. The van der Waals surface area contributed by atoms with Gasteiger partial charge in [-0.2, -0.15) is 12.7 Å². The summed E-state index contributed by atoms with van der Waals surface area (Å²) in [6.45, 7) is 7.18. The van der Waals surface area contributed by atoms with Crippen molar-refractivity contribution in [3.63, 3.8) is 0 Å². The van der Waals surface area contributed by atoms with Gasteiger partial charge in [0.25, 0.3) is 10.2 Å². The van der Waals surface area contributed by atoms with Crippen LogP contribution >= 0.6 is 0 Å².